The van der Waals surface area contributed by atoms with Gasteiger partial charge in [0.1, 0.15) is 5.75 Å². The third-order valence-electron chi connectivity index (χ3n) is 13.7. The SMILES string of the molecule is CCCCCCCCc1ccc([S+](c2ccccc2)c2ccccc2)cc1.CCCCCCOc1ccc([S+](c2ccccc2)c2ccccc2)cc1.CCCCCCc1ccc([S+](c2ccccc2)c2ccccc2)cc1. The molecule has 0 unspecified atom stereocenters. The Morgan fingerprint density at radius 3 is 0.756 bits per heavy atom. The predicted molar refractivity (Wildman–Crippen MR) is 339 cm³/mol. The minimum absolute atomic E-state index is 0.0317. The minimum atomic E-state index is -0.0885. The lowest BCUT2D eigenvalue weighted by molar-refractivity contribution is 0.305. The van der Waals surface area contributed by atoms with Crippen LogP contribution in [0.3, 0.4) is 0 Å². The summed E-state index contributed by atoms with van der Waals surface area (Å²) in [4.78, 5) is 12.3. The van der Waals surface area contributed by atoms with E-state index < -0.39 is 0 Å². The molecule has 78 heavy (non-hydrogen) atoms. The molecule has 0 saturated carbocycles. The van der Waals surface area contributed by atoms with Crippen LogP contribution in [0.15, 0.2) is 299 Å². The first-order valence-corrected chi connectivity index (χ1v) is 32.8. The van der Waals surface area contributed by atoms with Crippen molar-refractivity contribution in [2.75, 3.05) is 6.61 Å². The van der Waals surface area contributed by atoms with E-state index in [9.17, 15) is 0 Å². The topological polar surface area (TPSA) is 9.23 Å². The second-order valence-electron chi connectivity index (χ2n) is 19.8. The van der Waals surface area contributed by atoms with Crippen LogP contribution < -0.4 is 4.74 Å². The van der Waals surface area contributed by atoms with Gasteiger partial charge in [0.2, 0.25) is 0 Å². The Labute approximate surface area is 480 Å². The van der Waals surface area contributed by atoms with Gasteiger partial charge in [-0.3, -0.25) is 0 Å². The van der Waals surface area contributed by atoms with Gasteiger partial charge in [0, 0.05) is 0 Å². The van der Waals surface area contributed by atoms with E-state index in [2.05, 4.69) is 276 Å². The molecule has 0 aliphatic heterocycles. The van der Waals surface area contributed by atoms with Crippen LogP contribution in [0.5, 0.6) is 5.75 Å². The summed E-state index contributed by atoms with van der Waals surface area (Å²) in [5, 5.41) is 0. The van der Waals surface area contributed by atoms with Crippen LogP contribution in [0.4, 0.5) is 0 Å². The summed E-state index contributed by atoms with van der Waals surface area (Å²) in [7, 11) is -0.154. The monoisotopic (exact) mass is 1090 g/mol. The molecular weight excluding hydrogens is 1000 g/mol. The molecule has 0 atom stereocenters. The number of aryl methyl sites for hydroxylation is 2. The van der Waals surface area contributed by atoms with Crippen molar-refractivity contribution in [3.05, 3.63) is 266 Å². The number of hydrogen-bond acceptors (Lipinski definition) is 1. The highest BCUT2D eigenvalue weighted by molar-refractivity contribution is 7.97. The van der Waals surface area contributed by atoms with Crippen LogP contribution in [0.25, 0.3) is 0 Å². The first-order chi connectivity index (χ1) is 38.6. The lowest BCUT2D eigenvalue weighted by atomic mass is 10.1. The molecule has 0 heterocycles. The van der Waals surface area contributed by atoms with Gasteiger partial charge in [0.15, 0.2) is 44.1 Å². The van der Waals surface area contributed by atoms with E-state index >= 15 is 0 Å². The molecule has 1 nitrogen and oxygen atoms in total. The van der Waals surface area contributed by atoms with Crippen LogP contribution in [0, 0.1) is 0 Å². The first kappa shape index (κ1) is 59.5. The second kappa shape index (κ2) is 35.4. The molecule has 0 fully saturated rings. The van der Waals surface area contributed by atoms with E-state index in [1.54, 1.807) is 0 Å². The standard InChI is InChI=1S/C26H31S.C24H27OS.C24H27S/c1-2-3-4-5-6-9-14-23-19-21-26(22-20-23)27(24-15-10-7-11-16-24)25-17-12-8-13-18-25;1-2-3-4-11-20-25-21-16-18-24(19-17-21)26(22-12-7-5-8-13-22)23-14-9-6-10-15-23;1-2-3-4-7-12-21-17-19-24(20-18-21)25(22-13-8-5-9-14-22)23-15-10-6-11-16-23/h7-8,10-13,15-22H,2-6,9,14H2,1H3;5-10,12-19H,2-4,11,20H2,1H3;5-6,8-11,13-20H,2-4,7,12H2,1H3/q3*+1. The Bertz CT molecular complexity index is 2780. The van der Waals surface area contributed by atoms with Crippen molar-refractivity contribution in [3.63, 3.8) is 0 Å². The van der Waals surface area contributed by atoms with Gasteiger partial charge in [-0.2, -0.15) is 0 Å². The molecule has 9 aromatic rings. The van der Waals surface area contributed by atoms with Gasteiger partial charge in [-0.15, -0.1) is 0 Å². The van der Waals surface area contributed by atoms with E-state index in [0.717, 1.165) is 18.8 Å². The fraction of sp³-hybridized carbons (Fsp3) is 0.270. The first-order valence-electron chi connectivity index (χ1n) is 29.1. The van der Waals surface area contributed by atoms with Crippen LogP contribution in [-0.4, -0.2) is 6.61 Å². The summed E-state index contributed by atoms with van der Waals surface area (Å²) < 4.78 is 5.90. The molecule has 0 aliphatic rings. The average Bonchev–Trinajstić information content (AvgIpc) is 3.51. The lowest BCUT2D eigenvalue weighted by Crippen LogP contribution is -2.04. The van der Waals surface area contributed by atoms with Crippen molar-refractivity contribution in [2.24, 2.45) is 0 Å². The van der Waals surface area contributed by atoms with Gasteiger partial charge in [-0.1, -0.05) is 225 Å². The third-order valence-corrected chi connectivity index (χ3v) is 20.3. The van der Waals surface area contributed by atoms with Crippen LogP contribution in [0.1, 0.15) is 122 Å². The summed E-state index contributed by atoms with van der Waals surface area (Å²) in [6.07, 6.45) is 20.8. The van der Waals surface area contributed by atoms with Crippen molar-refractivity contribution in [1.82, 2.24) is 0 Å². The highest BCUT2D eigenvalue weighted by atomic mass is 32.2. The van der Waals surface area contributed by atoms with E-state index in [1.165, 1.54) is 151 Å². The molecule has 0 radical (unpaired) electrons. The van der Waals surface area contributed by atoms with E-state index in [0.29, 0.717) is 0 Å². The Morgan fingerprint density at radius 1 is 0.231 bits per heavy atom. The summed E-state index contributed by atoms with van der Waals surface area (Å²) in [6, 6.07) is 92.3. The summed E-state index contributed by atoms with van der Waals surface area (Å²) in [6.45, 7) is 7.59. The molecule has 0 aromatic heterocycles. The van der Waals surface area contributed by atoms with Gasteiger partial charge in [-0.25, -0.2) is 0 Å². The summed E-state index contributed by atoms with van der Waals surface area (Å²) in [5.41, 5.74) is 2.93. The number of hydrogen-bond donors (Lipinski definition) is 0. The van der Waals surface area contributed by atoms with Crippen LogP contribution in [-0.2, 0) is 45.5 Å². The maximum Gasteiger partial charge on any atom is 0.166 e. The van der Waals surface area contributed by atoms with Gasteiger partial charge in [0.25, 0.3) is 0 Å². The zero-order valence-electron chi connectivity index (χ0n) is 46.9. The molecule has 9 aromatic carbocycles. The average molecular weight is 1090 g/mol. The number of benzene rings is 9. The molecule has 0 N–H and O–H groups in total. The molecule has 0 spiro atoms. The van der Waals surface area contributed by atoms with E-state index in [1.807, 2.05) is 0 Å². The molecule has 402 valence electrons. The molecule has 0 amide bonds. The Morgan fingerprint density at radius 2 is 0.462 bits per heavy atom. The fourth-order valence-electron chi connectivity index (χ4n) is 9.40. The number of ether oxygens (including phenoxy) is 1. The Balaban J connectivity index is 0.000000170. The molecule has 4 heteroatoms. The van der Waals surface area contributed by atoms with E-state index in [-0.39, 0.29) is 32.7 Å². The van der Waals surface area contributed by atoms with Crippen molar-refractivity contribution < 1.29 is 4.74 Å². The smallest absolute Gasteiger partial charge is 0.166 e. The maximum absolute atomic E-state index is 5.90. The van der Waals surface area contributed by atoms with E-state index in [4.69, 9.17) is 4.74 Å². The molecule has 0 saturated heterocycles. The predicted octanol–water partition coefficient (Wildman–Crippen LogP) is 21.3. The lowest BCUT2D eigenvalue weighted by Gasteiger charge is -2.09. The quantitative estimate of drug-likeness (QED) is 0.0368. The summed E-state index contributed by atoms with van der Waals surface area (Å²) >= 11 is 0. The maximum atomic E-state index is 5.90. The largest absolute Gasteiger partial charge is 0.494 e. The van der Waals surface area contributed by atoms with Crippen LogP contribution in [0.2, 0.25) is 0 Å². The number of rotatable bonds is 27. The zero-order chi connectivity index (χ0) is 54.1. The van der Waals surface area contributed by atoms with Crippen LogP contribution >= 0.6 is 0 Å². The minimum Gasteiger partial charge on any atom is -0.494 e. The molecule has 9 rings (SSSR count). The van der Waals surface area contributed by atoms with Crippen molar-refractivity contribution in [1.29, 1.82) is 0 Å². The van der Waals surface area contributed by atoms with Gasteiger partial charge in [-0.05, 0) is 165 Å². The highest BCUT2D eigenvalue weighted by Crippen LogP contribution is 2.34. The van der Waals surface area contributed by atoms with Crippen molar-refractivity contribution >= 4 is 32.7 Å². The fourth-order valence-corrected chi connectivity index (χ4v) is 15.7. The zero-order valence-corrected chi connectivity index (χ0v) is 49.4. The van der Waals surface area contributed by atoms with Crippen molar-refractivity contribution in [2.45, 2.75) is 168 Å². The highest BCUT2D eigenvalue weighted by Gasteiger charge is 2.30. The number of unbranched alkanes of at least 4 members (excludes halogenated alkanes) is 11. The second-order valence-corrected chi connectivity index (χ2v) is 25.9. The molecular formula is C74H85OS3+3. The van der Waals surface area contributed by atoms with Crippen molar-refractivity contribution in [3.8, 4) is 5.75 Å². The van der Waals surface area contributed by atoms with Gasteiger partial charge >= 0.3 is 0 Å². The van der Waals surface area contributed by atoms with Gasteiger partial charge in [0.05, 0.1) is 39.3 Å². The third kappa shape index (κ3) is 19.9. The molecule has 0 aliphatic carbocycles. The normalized spacial score (nSPS) is 10.9. The Kier molecular flexibility index (Phi) is 27.0. The van der Waals surface area contributed by atoms with Gasteiger partial charge < -0.3 is 4.74 Å². The summed E-state index contributed by atoms with van der Waals surface area (Å²) in [5.74, 6) is 0.968. The Hall–Kier alpha value is -6.17. The molecule has 0 bridgehead atoms.